The molecule has 0 aliphatic carbocycles. The molecule has 10 heteroatoms. The zero-order chi connectivity index (χ0) is 29.1. The fourth-order valence-corrected chi connectivity index (χ4v) is 6.31. The van der Waals surface area contributed by atoms with Crippen molar-refractivity contribution in [2.45, 2.75) is 17.4 Å². The molecule has 0 spiro atoms. The van der Waals surface area contributed by atoms with Crippen molar-refractivity contribution in [3.8, 4) is 0 Å². The van der Waals surface area contributed by atoms with E-state index in [4.69, 9.17) is 4.99 Å². The van der Waals surface area contributed by atoms with Crippen molar-refractivity contribution in [3.63, 3.8) is 0 Å². The van der Waals surface area contributed by atoms with Gasteiger partial charge < -0.3 is 15.1 Å². The summed E-state index contributed by atoms with van der Waals surface area (Å²) in [6, 6.07) is 27.6. The van der Waals surface area contributed by atoms with E-state index >= 15 is 0 Å². The van der Waals surface area contributed by atoms with Gasteiger partial charge in [-0.05, 0) is 72.8 Å². The van der Waals surface area contributed by atoms with E-state index in [0.717, 1.165) is 37.4 Å². The van der Waals surface area contributed by atoms with Crippen molar-refractivity contribution in [3.05, 3.63) is 114 Å². The lowest BCUT2D eigenvalue weighted by Crippen LogP contribution is -2.44. The Morgan fingerprint density at radius 2 is 1.69 bits per heavy atom. The highest BCUT2D eigenvalue weighted by Crippen LogP contribution is 2.38. The highest BCUT2D eigenvalue weighted by Gasteiger charge is 2.36. The lowest BCUT2D eigenvalue weighted by atomic mass is 9.90. The highest BCUT2D eigenvalue weighted by molar-refractivity contribution is 7.89. The number of nitrogens with one attached hydrogen (secondary N) is 2. The van der Waals surface area contributed by atoms with Crippen molar-refractivity contribution >= 4 is 38.7 Å². The maximum Gasteiger partial charge on any atom is 0.240 e. The van der Waals surface area contributed by atoms with Crippen LogP contribution in [0.25, 0.3) is 0 Å². The predicted octanol–water partition coefficient (Wildman–Crippen LogP) is 4.17. The molecule has 9 nitrogen and oxygen atoms in total. The van der Waals surface area contributed by atoms with E-state index in [0.29, 0.717) is 28.3 Å². The number of likely N-dealkylation sites (N-methyl/N-ethyl adjacent to an activating group) is 1. The zero-order valence-electron chi connectivity index (χ0n) is 23.3. The molecule has 1 aromatic heterocycles. The Balaban J connectivity index is 1.33. The molecule has 2 N–H and O–H groups in total. The fraction of sp³-hybridized carbons (Fsp3) is 0.219. The quantitative estimate of drug-likeness (QED) is 0.303. The largest absolute Gasteiger partial charge is 0.369 e. The van der Waals surface area contributed by atoms with Gasteiger partial charge in [-0.15, -0.1) is 0 Å². The average Bonchev–Trinajstić information content (AvgIpc) is 3.35. The number of carbonyl (C=O) groups is 1. The monoisotopic (exact) mass is 580 g/mol. The number of aliphatic imine (C=N–C) groups is 1. The van der Waals surface area contributed by atoms with Crippen molar-refractivity contribution < 1.29 is 13.2 Å². The molecular weight excluding hydrogens is 548 g/mol. The SMILES string of the molecule is CN1CCN(c2ccc(N=C(c3ccccc3)C3C(=O)Nc4ccc(S(=O)(=O)NCc5ccccn5)cc43)cc2)CC1. The van der Waals surface area contributed by atoms with Gasteiger partial charge in [0.25, 0.3) is 0 Å². The molecule has 2 aliphatic rings. The Labute approximate surface area is 246 Å². The van der Waals surface area contributed by atoms with Crippen LogP contribution in [-0.2, 0) is 21.4 Å². The molecule has 3 aromatic carbocycles. The molecule has 1 saturated heterocycles. The first kappa shape index (κ1) is 27.8. The number of fused-ring (bicyclic) bond motifs is 1. The molecule has 1 amide bonds. The third-order valence-corrected chi connectivity index (χ3v) is 9.04. The number of pyridine rings is 1. The number of rotatable bonds is 8. The van der Waals surface area contributed by atoms with Gasteiger partial charge in [0.15, 0.2) is 0 Å². The van der Waals surface area contributed by atoms with Crippen LogP contribution in [0.2, 0.25) is 0 Å². The van der Waals surface area contributed by atoms with Gasteiger partial charge in [-0.3, -0.25) is 14.8 Å². The number of carbonyl (C=O) groups excluding carboxylic acids is 1. The Bertz CT molecular complexity index is 1700. The number of sulfonamides is 1. The van der Waals surface area contributed by atoms with E-state index in [2.05, 4.69) is 44.0 Å². The first-order valence-electron chi connectivity index (χ1n) is 13.9. The summed E-state index contributed by atoms with van der Waals surface area (Å²) in [5.74, 6) is -1.04. The summed E-state index contributed by atoms with van der Waals surface area (Å²) in [5.41, 5.74) is 4.94. The van der Waals surface area contributed by atoms with Gasteiger partial charge in [-0.1, -0.05) is 36.4 Å². The van der Waals surface area contributed by atoms with E-state index in [-0.39, 0.29) is 17.3 Å². The second kappa shape index (κ2) is 11.8. The van der Waals surface area contributed by atoms with E-state index < -0.39 is 15.9 Å². The number of piperazine rings is 1. The highest BCUT2D eigenvalue weighted by atomic mass is 32.2. The Morgan fingerprint density at radius 1 is 0.952 bits per heavy atom. The Kier molecular flexibility index (Phi) is 7.84. The number of anilines is 2. The van der Waals surface area contributed by atoms with Crippen LogP contribution in [0.4, 0.5) is 17.1 Å². The van der Waals surface area contributed by atoms with Crippen LogP contribution in [-0.4, -0.2) is 63.1 Å². The molecule has 3 heterocycles. The molecular formula is C32H32N6O3S. The molecule has 6 rings (SSSR count). The van der Waals surface area contributed by atoms with E-state index in [1.165, 1.54) is 6.07 Å². The molecule has 214 valence electrons. The molecule has 0 bridgehead atoms. The standard InChI is InChI=1S/C32H32N6O3S/c1-37-17-19-38(20-18-37)26-12-10-24(11-13-26)35-31(23-7-3-2-4-8-23)30-28-21-27(14-15-29(28)36-32(30)39)42(40,41)34-22-25-9-5-6-16-33-25/h2-16,21,30,34H,17-20,22H2,1H3,(H,36,39). The summed E-state index contributed by atoms with van der Waals surface area (Å²) in [4.78, 5) is 27.3. The summed E-state index contributed by atoms with van der Waals surface area (Å²) < 4.78 is 29.1. The van der Waals surface area contributed by atoms with Crippen LogP contribution in [0.1, 0.15) is 22.7 Å². The van der Waals surface area contributed by atoms with Crippen molar-refractivity contribution in [2.75, 3.05) is 43.4 Å². The van der Waals surface area contributed by atoms with Gasteiger partial charge in [0.1, 0.15) is 5.92 Å². The van der Waals surface area contributed by atoms with Crippen LogP contribution >= 0.6 is 0 Å². The Morgan fingerprint density at radius 3 is 2.40 bits per heavy atom. The van der Waals surface area contributed by atoms with E-state index in [1.807, 2.05) is 42.5 Å². The first-order valence-corrected chi connectivity index (χ1v) is 15.4. The molecule has 42 heavy (non-hydrogen) atoms. The second-order valence-electron chi connectivity index (χ2n) is 10.5. The lowest BCUT2D eigenvalue weighted by Gasteiger charge is -2.34. The van der Waals surface area contributed by atoms with Gasteiger partial charge in [-0.25, -0.2) is 13.1 Å². The minimum Gasteiger partial charge on any atom is -0.369 e. The molecule has 2 aliphatic heterocycles. The third kappa shape index (κ3) is 5.96. The summed E-state index contributed by atoms with van der Waals surface area (Å²) >= 11 is 0. The number of amides is 1. The molecule has 1 unspecified atom stereocenters. The smallest absolute Gasteiger partial charge is 0.240 e. The maximum absolute atomic E-state index is 13.4. The van der Waals surface area contributed by atoms with Crippen LogP contribution in [0.5, 0.6) is 0 Å². The maximum atomic E-state index is 13.4. The Hall–Kier alpha value is -4.38. The first-order chi connectivity index (χ1) is 20.4. The summed E-state index contributed by atoms with van der Waals surface area (Å²) in [6.07, 6.45) is 1.62. The third-order valence-electron chi connectivity index (χ3n) is 7.64. The zero-order valence-corrected chi connectivity index (χ0v) is 24.1. The molecule has 4 aromatic rings. The van der Waals surface area contributed by atoms with Crippen molar-refractivity contribution in [2.24, 2.45) is 4.99 Å². The van der Waals surface area contributed by atoms with Gasteiger partial charge in [0, 0.05) is 43.8 Å². The van der Waals surface area contributed by atoms with Gasteiger partial charge >= 0.3 is 0 Å². The number of hydrogen-bond acceptors (Lipinski definition) is 7. The van der Waals surface area contributed by atoms with E-state index in [1.54, 1.807) is 36.5 Å². The van der Waals surface area contributed by atoms with Gasteiger partial charge in [0.2, 0.25) is 15.9 Å². The number of aromatic nitrogens is 1. The molecule has 0 radical (unpaired) electrons. The number of hydrogen-bond donors (Lipinski definition) is 2. The van der Waals surface area contributed by atoms with Gasteiger partial charge in [-0.2, -0.15) is 0 Å². The van der Waals surface area contributed by atoms with Gasteiger partial charge in [0.05, 0.1) is 28.5 Å². The molecule has 0 saturated carbocycles. The van der Waals surface area contributed by atoms with Crippen molar-refractivity contribution in [1.29, 1.82) is 0 Å². The minimum atomic E-state index is -3.87. The second-order valence-corrected chi connectivity index (χ2v) is 12.3. The number of nitrogens with zero attached hydrogens (tertiary/aromatic N) is 4. The summed E-state index contributed by atoms with van der Waals surface area (Å²) in [6.45, 7) is 4.03. The lowest BCUT2D eigenvalue weighted by molar-refractivity contribution is -0.115. The fourth-order valence-electron chi connectivity index (χ4n) is 5.28. The van der Waals surface area contributed by atoms with Crippen LogP contribution in [0.3, 0.4) is 0 Å². The van der Waals surface area contributed by atoms with Crippen LogP contribution in [0, 0.1) is 0 Å². The van der Waals surface area contributed by atoms with Crippen LogP contribution < -0.4 is 14.9 Å². The average molecular weight is 581 g/mol. The molecule has 1 fully saturated rings. The van der Waals surface area contributed by atoms with E-state index in [9.17, 15) is 13.2 Å². The normalized spacial score (nSPS) is 17.6. The number of benzene rings is 3. The summed E-state index contributed by atoms with van der Waals surface area (Å²) in [5, 5.41) is 2.92. The summed E-state index contributed by atoms with van der Waals surface area (Å²) in [7, 11) is -1.73. The molecule has 1 atom stereocenters. The van der Waals surface area contributed by atoms with Crippen molar-refractivity contribution in [1.82, 2.24) is 14.6 Å². The topological polar surface area (TPSA) is 107 Å². The van der Waals surface area contributed by atoms with Crippen LogP contribution in [0.15, 0.2) is 107 Å². The predicted molar refractivity (Wildman–Crippen MR) is 165 cm³/mol. The minimum absolute atomic E-state index is 0.0573.